The van der Waals surface area contributed by atoms with Crippen LogP contribution in [-0.2, 0) is 15.8 Å². The van der Waals surface area contributed by atoms with Crippen molar-refractivity contribution < 1.29 is 41.8 Å². The van der Waals surface area contributed by atoms with Crippen LogP contribution < -0.4 is 20.2 Å². The molecule has 1 aromatic heterocycles. The Balaban J connectivity index is 1.95. The Morgan fingerprint density at radius 3 is 2.53 bits per heavy atom. The first-order valence-corrected chi connectivity index (χ1v) is 9.08. The van der Waals surface area contributed by atoms with Gasteiger partial charge in [0.1, 0.15) is 23.6 Å². The number of carboxylic acids is 1. The van der Waals surface area contributed by atoms with E-state index in [0.717, 1.165) is 11.6 Å². The molecule has 0 saturated heterocycles. The molecule has 0 spiro atoms. The lowest BCUT2D eigenvalue weighted by atomic mass is 10.2. The molecule has 0 unspecified atom stereocenters. The molecule has 3 rings (SSSR count). The average molecular weight is 451 g/mol. The van der Waals surface area contributed by atoms with Gasteiger partial charge in [0, 0.05) is 6.07 Å². The summed E-state index contributed by atoms with van der Waals surface area (Å²) in [5.41, 5.74) is -0.747. The van der Waals surface area contributed by atoms with E-state index in [1.807, 2.05) is 0 Å². The summed E-state index contributed by atoms with van der Waals surface area (Å²) in [7, 11) is 0. The molecule has 168 valence electrons. The lowest BCUT2D eigenvalue weighted by Gasteiger charge is -2.14. The molecular formula is C21H16F3NO7. The highest BCUT2D eigenvalue weighted by molar-refractivity contribution is 5.83. The van der Waals surface area contributed by atoms with Crippen LogP contribution in [0.25, 0.3) is 11.0 Å². The van der Waals surface area contributed by atoms with E-state index in [0.29, 0.717) is 0 Å². The fourth-order valence-electron chi connectivity index (χ4n) is 2.70. The van der Waals surface area contributed by atoms with Crippen molar-refractivity contribution in [1.29, 1.82) is 0 Å². The monoisotopic (exact) mass is 451 g/mol. The number of carboxylic acid groups (broad SMARTS) is 1. The smallest absolute Gasteiger partial charge is 0.453 e. The molecule has 0 aliphatic heterocycles. The number of benzene rings is 2. The van der Waals surface area contributed by atoms with Crippen molar-refractivity contribution in [3.63, 3.8) is 0 Å². The maximum absolute atomic E-state index is 13.6. The SMILES string of the molecule is Cc1cccc(Oc2c(C(F)(F)F)oc3cc(OCC(=O)NCC(=O)O)ccc3c2=O)c1. The van der Waals surface area contributed by atoms with Crippen LogP contribution in [0.15, 0.2) is 51.7 Å². The molecule has 2 N–H and O–H groups in total. The van der Waals surface area contributed by atoms with Crippen LogP contribution >= 0.6 is 0 Å². The number of carbonyl (C=O) groups excluding carboxylic acids is 1. The van der Waals surface area contributed by atoms with E-state index in [-0.39, 0.29) is 16.9 Å². The van der Waals surface area contributed by atoms with Crippen molar-refractivity contribution in [2.75, 3.05) is 13.2 Å². The molecule has 0 atom stereocenters. The standard InChI is InChI=1S/C21H16F3NO7/c1-11-3-2-4-13(7-11)31-19-18(29)14-6-5-12(30-10-16(26)25-9-17(27)28)8-15(14)32-20(19)21(22,23)24/h2-8H,9-10H2,1H3,(H,25,26)(H,27,28). The van der Waals surface area contributed by atoms with Crippen LogP contribution in [0.5, 0.6) is 17.2 Å². The number of rotatable bonds is 7. The molecule has 8 nitrogen and oxygen atoms in total. The molecule has 11 heteroatoms. The van der Waals surface area contributed by atoms with Gasteiger partial charge in [-0.15, -0.1) is 0 Å². The number of aryl methyl sites for hydroxylation is 1. The Kier molecular flexibility index (Phi) is 6.37. The van der Waals surface area contributed by atoms with Crippen LogP contribution in [-0.4, -0.2) is 30.1 Å². The minimum absolute atomic E-state index is 0.0366. The fourth-order valence-corrected chi connectivity index (χ4v) is 2.70. The average Bonchev–Trinajstić information content (AvgIpc) is 2.71. The Morgan fingerprint density at radius 1 is 1.12 bits per heavy atom. The zero-order chi connectivity index (χ0) is 23.5. The minimum atomic E-state index is -5.03. The van der Waals surface area contributed by atoms with E-state index < -0.39 is 53.7 Å². The maximum Gasteiger partial charge on any atom is 0.453 e. The minimum Gasteiger partial charge on any atom is -0.484 e. The summed E-state index contributed by atoms with van der Waals surface area (Å²) in [5, 5.41) is 10.4. The molecule has 0 saturated carbocycles. The number of hydrogen-bond acceptors (Lipinski definition) is 6. The molecule has 0 fully saturated rings. The third-order valence-corrected chi connectivity index (χ3v) is 4.10. The van der Waals surface area contributed by atoms with Crippen LogP contribution in [0.4, 0.5) is 13.2 Å². The Bertz CT molecular complexity index is 1230. The van der Waals surface area contributed by atoms with Crippen LogP contribution in [0.3, 0.4) is 0 Å². The first-order valence-electron chi connectivity index (χ1n) is 9.08. The number of hydrogen-bond donors (Lipinski definition) is 2. The Labute approximate surface area is 178 Å². The quantitative estimate of drug-likeness (QED) is 0.565. The topological polar surface area (TPSA) is 115 Å². The summed E-state index contributed by atoms with van der Waals surface area (Å²) in [6.07, 6.45) is -5.03. The summed E-state index contributed by atoms with van der Waals surface area (Å²) >= 11 is 0. The van der Waals surface area contributed by atoms with Crippen LogP contribution in [0, 0.1) is 6.92 Å². The predicted octanol–water partition coefficient (Wildman–Crippen LogP) is 3.49. The molecule has 0 radical (unpaired) electrons. The lowest BCUT2D eigenvalue weighted by molar-refractivity contribution is -0.154. The van der Waals surface area contributed by atoms with E-state index in [1.165, 1.54) is 24.3 Å². The molecule has 32 heavy (non-hydrogen) atoms. The van der Waals surface area contributed by atoms with E-state index >= 15 is 0 Å². The highest BCUT2D eigenvalue weighted by atomic mass is 19.4. The number of carbonyl (C=O) groups is 2. The van der Waals surface area contributed by atoms with Crippen molar-refractivity contribution in [2.24, 2.45) is 0 Å². The molecule has 1 heterocycles. The van der Waals surface area contributed by atoms with Crippen LogP contribution in [0.1, 0.15) is 11.3 Å². The van der Waals surface area contributed by atoms with Gasteiger partial charge in [-0.25, -0.2) is 0 Å². The third-order valence-electron chi connectivity index (χ3n) is 4.10. The number of halogens is 3. The second kappa shape index (κ2) is 9.00. The normalized spacial score (nSPS) is 11.2. The maximum atomic E-state index is 13.6. The number of amides is 1. The van der Waals surface area contributed by atoms with Crippen molar-refractivity contribution in [1.82, 2.24) is 5.32 Å². The van der Waals surface area contributed by atoms with Gasteiger partial charge < -0.3 is 24.3 Å². The first-order chi connectivity index (χ1) is 15.0. The van der Waals surface area contributed by atoms with Gasteiger partial charge in [-0.3, -0.25) is 14.4 Å². The third kappa shape index (κ3) is 5.36. The zero-order valence-electron chi connectivity index (χ0n) is 16.5. The van der Waals surface area contributed by atoms with E-state index in [4.69, 9.17) is 19.0 Å². The van der Waals surface area contributed by atoms with Gasteiger partial charge in [0.25, 0.3) is 11.7 Å². The molecular weight excluding hydrogens is 435 g/mol. The first kappa shape index (κ1) is 22.7. The largest absolute Gasteiger partial charge is 0.484 e. The van der Waals surface area contributed by atoms with Gasteiger partial charge in [-0.05, 0) is 36.8 Å². The molecule has 3 aromatic rings. The van der Waals surface area contributed by atoms with Crippen molar-refractivity contribution in [2.45, 2.75) is 13.1 Å². The van der Waals surface area contributed by atoms with Crippen molar-refractivity contribution in [3.05, 3.63) is 64.0 Å². The number of ether oxygens (including phenoxy) is 2. The van der Waals surface area contributed by atoms with Crippen molar-refractivity contribution in [3.8, 4) is 17.2 Å². The molecule has 2 aromatic carbocycles. The number of fused-ring (bicyclic) bond motifs is 1. The lowest BCUT2D eigenvalue weighted by Crippen LogP contribution is -2.33. The predicted molar refractivity (Wildman–Crippen MR) is 105 cm³/mol. The van der Waals surface area contributed by atoms with E-state index in [2.05, 4.69) is 5.32 Å². The number of nitrogens with one attached hydrogen (secondary N) is 1. The zero-order valence-corrected chi connectivity index (χ0v) is 16.5. The summed E-state index contributed by atoms with van der Waals surface area (Å²) in [5.74, 6) is -4.66. The van der Waals surface area contributed by atoms with E-state index in [9.17, 15) is 27.6 Å². The summed E-state index contributed by atoms with van der Waals surface area (Å²) in [4.78, 5) is 34.7. The number of aliphatic carboxylic acids is 1. The highest BCUT2D eigenvalue weighted by Gasteiger charge is 2.40. The van der Waals surface area contributed by atoms with Gasteiger partial charge in [0.2, 0.25) is 11.2 Å². The number of alkyl halides is 3. The summed E-state index contributed by atoms with van der Waals surface area (Å²) < 4.78 is 56.1. The Hall–Kier alpha value is -4.02. The summed E-state index contributed by atoms with van der Waals surface area (Å²) in [6.45, 7) is 0.501. The van der Waals surface area contributed by atoms with Gasteiger partial charge in [0.15, 0.2) is 6.61 Å². The van der Waals surface area contributed by atoms with Crippen molar-refractivity contribution >= 4 is 22.8 Å². The van der Waals surface area contributed by atoms with Gasteiger partial charge in [0.05, 0.1) is 5.39 Å². The fraction of sp³-hybridized carbons (Fsp3) is 0.190. The highest BCUT2D eigenvalue weighted by Crippen LogP contribution is 2.38. The van der Waals surface area contributed by atoms with E-state index in [1.54, 1.807) is 19.1 Å². The molecule has 1 amide bonds. The second-order valence-corrected chi connectivity index (χ2v) is 6.62. The van der Waals surface area contributed by atoms with Crippen LogP contribution in [0.2, 0.25) is 0 Å². The van der Waals surface area contributed by atoms with Gasteiger partial charge in [-0.2, -0.15) is 13.2 Å². The van der Waals surface area contributed by atoms with Gasteiger partial charge >= 0.3 is 12.1 Å². The second-order valence-electron chi connectivity index (χ2n) is 6.62. The summed E-state index contributed by atoms with van der Waals surface area (Å²) in [6, 6.07) is 9.61. The van der Waals surface area contributed by atoms with Gasteiger partial charge in [-0.1, -0.05) is 12.1 Å². The molecule has 0 aliphatic carbocycles. The Morgan fingerprint density at radius 2 is 1.88 bits per heavy atom. The molecule has 0 aliphatic rings. The molecule has 0 bridgehead atoms.